The molecule has 0 aliphatic heterocycles. The van der Waals surface area contributed by atoms with E-state index in [9.17, 15) is 18.4 Å². The van der Waals surface area contributed by atoms with E-state index >= 15 is 0 Å². The summed E-state index contributed by atoms with van der Waals surface area (Å²) in [4.78, 5) is 12.4. The average Bonchev–Trinajstić information content (AvgIpc) is 2.80. The highest BCUT2D eigenvalue weighted by atomic mass is 32.2. The van der Waals surface area contributed by atoms with E-state index in [4.69, 9.17) is 9.47 Å². The summed E-state index contributed by atoms with van der Waals surface area (Å²) in [7, 11) is -0.993. The molecule has 172 valence electrons. The highest BCUT2D eigenvalue weighted by Crippen LogP contribution is 2.28. The number of nitrogens with one attached hydrogen (secondary N) is 2. The number of likely N-dealkylation sites (N-methyl/N-ethyl adjacent to an activating group) is 2. The zero-order chi connectivity index (χ0) is 23.6. The summed E-state index contributed by atoms with van der Waals surface area (Å²) < 4.78 is 38.1. The van der Waals surface area contributed by atoms with Gasteiger partial charge in [-0.2, -0.15) is 4.31 Å². The van der Waals surface area contributed by atoms with Gasteiger partial charge in [-0.05, 0) is 55.9 Å². The van der Waals surface area contributed by atoms with Gasteiger partial charge >= 0.3 is 0 Å². The SMILES string of the molecule is CC#CCOc1ccc(S(=O)(=O)N(C)C(C(=O)NO)c2ccc(OCCNC)cc2)cc1. The molecule has 2 aromatic rings. The van der Waals surface area contributed by atoms with Crippen molar-refractivity contribution in [1.82, 2.24) is 15.1 Å². The molecule has 1 unspecified atom stereocenters. The number of carbonyl (C=O) groups is 1. The Kier molecular flexibility index (Phi) is 9.49. The van der Waals surface area contributed by atoms with Gasteiger partial charge in [0.05, 0.1) is 4.90 Å². The number of carbonyl (C=O) groups excluding carboxylic acids is 1. The molecule has 0 bridgehead atoms. The maximum atomic E-state index is 13.1. The van der Waals surface area contributed by atoms with Crippen molar-refractivity contribution in [2.24, 2.45) is 0 Å². The predicted molar refractivity (Wildman–Crippen MR) is 119 cm³/mol. The number of amides is 1. The Hall–Kier alpha value is -3.10. The zero-order valence-corrected chi connectivity index (χ0v) is 19.0. The molecule has 3 N–H and O–H groups in total. The molecule has 0 spiro atoms. The van der Waals surface area contributed by atoms with Crippen molar-refractivity contribution in [2.75, 3.05) is 33.9 Å². The Bertz CT molecular complexity index is 1040. The van der Waals surface area contributed by atoms with E-state index in [1.54, 1.807) is 36.7 Å². The van der Waals surface area contributed by atoms with Crippen LogP contribution in [0, 0.1) is 11.8 Å². The molecule has 0 aromatic heterocycles. The van der Waals surface area contributed by atoms with Crippen molar-refractivity contribution in [3.05, 3.63) is 54.1 Å². The Labute approximate surface area is 188 Å². The summed E-state index contributed by atoms with van der Waals surface area (Å²) in [5, 5.41) is 12.2. The van der Waals surface area contributed by atoms with Crippen LogP contribution >= 0.6 is 0 Å². The second-order valence-corrected chi connectivity index (χ2v) is 8.61. The average molecular weight is 462 g/mol. The minimum absolute atomic E-state index is 0.0308. The van der Waals surface area contributed by atoms with Crippen LogP contribution in [0.5, 0.6) is 11.5 Å². The molecular weight excluding hydrogens is 434 g/mol. The van der Waals surface area contributed by atoms with E-state index in [0.717, 1.165) is 4.31 Å². The summed E-state index contributed by atoms with van der Waals surface area (Å²) in [6.45, 7) is 3.00. The van der Waals surface area contributed by atoms with Crippen molar-refractivity contribution in [3.63, 3.8) is 0 Å². The highest BCUT2D eigenvalue weighted by molar-refractivity contribution is 7.89. The Balaban J connectivity index is 2.26. The van der Waals surface area contributed by atoms with Gasteiger partial charge in [0.25, 0.3) is 5.91 Å². The van der Waals surface area contributed by atoms with Crippen molar-refractivity contribution in [1.29, 1.82) is 0 Å². The molecule has 9 nitrogen and oxygen atoms in total. The lowest BCUT2D eigenvalue weighted by atomic mass is 10.1. The van der Waals surface area contributed by atoms with Crippen LogP contribution in [0.3, 0.4) is 0 Å². The predicted octanol–water partition coefficient (Wildman–Crippen LogP) is 1.55. The van der Waals surface area contributed by atoms with Gasteiger partial charge < -0.3 is 14.8 Å². The molecule has 0 radical (unpaired) electrons. The number of rotatable bonds is 11. The second-order valence-electron chi connectivity index (χ2n) is 6.61. The van der Waals surface area contributed by atoms with Crippen LogP contribution in [0.2, 0.25) is 0 Å². The first-order chi connectivity index (χ1) is 15.3. The normalized spacial score (nSPS) is 11.9. The Morgan fingerprint density at radius 3 is 2.25 bits per heavy atom. The van der Waals surface area contributed by atoms with Crippen molar-refractivity contribution in [2.45, 2.75) is 17.9 Å². The summed E-state index contributed by atoms with van der Waals surface area (Å²) in [5.41, 5.74) is 1.91. The number of hydrogen-bond donors (Lipinski definition) is 3. The topological polar surface area (TPSA) is 117 Å². The third kappa shape index (κ3) is 6.45. The largest absolute Gasteiger partial charge is 0.492 e. The third-order valence-corrected chi connectivity index (χ3v) is 6.36. The minimum Gasteiger partial charge on any atom is -0.492 e. The maximum absolute atomic E-state index is 13.1. The quantitative estimate of drug-likeness (QED) is 0.201. The zero-order valence-electron chi connectivity index (χ0n) is 18.2. The molecule has 32 heavy (non-hydrogen) atoms. The van der Waals surface area contributed by atoms with Gasteiger partial charge in [-0.1, -0.05) is 18.1 Å². The Morgan fingerprint density at radius 1 is 1.09 bits per heavy atom. The fourth-order valence-corrected chi connectivity index (χ4v) is 4.12. The molecule has 1 amide bonds. The molecular formula is C22H27N3O6S. The lowest BCUT2D eigenvalue weighted by Crippen LogP contribution is -2.40. The van der Waals surface area contributed by atoms with E-state index < -0.39 is 22.0 Å². The summed E-state index contributed by atoms with van der Waals surface area (Å²) in [5.74, 6) is 5.60. The van der Waals surface area contributed by atoms with Crippen LogP contribution < -0.4 is 20.3 Å². The number of sulfonamides is 1. The van der Waals surface area contributed by atoms with Gasteiger partial charge in [0, 0.05) is 13.6 Å². The lowest BCUT2D eigenvalue weighted by Gasteiger charge is -2.26. The van der Waals surface area contributed by atoms with Crippen LogP contribution in [0.1, 0.15) is 18.5 Å². The fraction of sp³-hybridized carbons (Fsp3) is 0.318. The molecule has 1 atom stereocenters. The number of hydrogen-bond acceptors (Lipinski definition) is 7. The van der Waals surface area contributed by atoms with Gasteiger partial charge in [0.15, 0.2) is 0 Å². The number of ether oxygens (including phenoxy) is 2. The first kappa shape index (κ1) is 25.2. The highest BCUT2D eigenvalue weighted by Gasteiger charge is 2.34. The van der Waals surface area contributed by atoms with Crippen LogP contribution in [-0.2, 0) is 14.8 Å². The number of hydroxylamine groups is 1. The summed E-state index contributed by atoms with van der Waals surface area (Å²) >= 11 is 0. The van der Waals surface area contributed by atoms with Crippen LogP contribution in [-0.4, -0.2) is 57.7 Å². The molecule has 2 rings (SSSR count). The molecule has 10 heteroatoms. The monoisotopic (exact) mass is 461 g/mol. The molecule has 0 saturated heterocycles. The van der Waals surface area contributed by atoms with E-state index in [0.29, 0.717) is 30.2 Å². The molecule has 0 aliphatic rings. The van der Waals surface area contributed by atoms with Gasteiger partial charge in [0.2, 0.25) is 10.0 Å². The van der Waals surface area contributed by atoms with E-state index in [1.165, 1.54) is 31.3 Å². The summed E-state index contributed by atoms with van der Waals surface area (Å²) in [6.07, 6.45) is 0. The number of nitrogens with zero attached hydrogens (tertiary/aromatic N) is 1. The Morgan fingerprint density at radius 2 is 1.69 bits per heavy atom. The lowest BCUT2D eigenvalue weighted by molar-refractivity contribution is -0.133. The van der Waals surface area contributed by atoms with E-state index in [1.807, 2.05) is 7.05 Å². The van der Waals surface area contributed by atoms with Crippen LogP contribution in [0.4, 0.5) is 0 Å². The third-order valence-electron chi connectivity index (χ3n) is 4.53. The van der Waals surface area contributed by atoms with Gasteiger partial charge in [-0.15, -0.1) is 5.92 Å². The van der Waals surface area contributed by atoms with E-state index in [-0.39, 0.29) is 11.5 Å². The van der Waals surface area contributed by atoms with Gasteiger partial charge in [0.1, 0.15) is 30.8 Å². The van der Waals surface area contributed by atoms with Gasteiger partial charge in [-0.25, -0.2) is 13.9 Å². The van der Waals surface area contributed by atoms with E-state index in [2.05, 4.69) is 17.2 Å². The molecule has 0 fully saturated rings. The van der Waals surface area contributed by atoms with Crippen molar-refractivity contribution < 1.29 is 27.9 Å². The van der Waals surface area contributed by atoms with Gasteiger partial charge in [-0.3, -0.25) is 10.0 Å². The fourth-order valence-electron chi connectivity index (χ4n) is 2.81. The second kappa shape index (κ2) is 12.1. The minimum atomic E-state index is -4.07. The molecule has 2 aromatic carbocycles. The molecule has 0 aliphatic carbocycles. The molecule has 0 saturated carbocycles. The molecule has 0 heterocycles. The maximum Gasteiger partial charge on any atom is 0.266 e. The standard InChI is InChI=1S/C22H27N3O6S/c1-4-5-15-30-19-10-12-20(13-11-19)32(28,29)25(3)21(22(26)24-27)17-6-8-18(9-7-17)31-16-14-23-2/h6-13,21,23,27H,14-16H2,1-3H3,(H,24,26). The van der Waals surface area contributed by atoms with Crippen LogP contribution in [0.25, 0.3) is 0 Å². The first-order valence-electron chi connectivity index (χ1n) is 9.77. The van der Waals surface area contributed by atoms with Crippen LogP contribution in [0.15, 0.2) is 53.4 Å². The number of benzene rings is 2. The van der Waals surface area contributed by atoms with Crippen molar-refractivity contribution >= 4 is 15.9 Å². The first-order valence-corrected chi connectivity index (χ1v) is 11.2. The smallest absolute Gasteiger partial charge is 0.266 e. The summed E-state index contributed by atoms with van der Waals surface area (Å²) in [6, 6.07) is 10.9. The van der Waals surface area contributed by atoms with Crippen molar-refractivity contribution in [3.8, 4) is 23.3 Å².